The number of hydrogen-bond donors (Lipinski definition) is 10. The van der Waals surface area contributed by atoms with Gasteiger partial charge in [-0.2, -0.15) is 0 Å². The standard InChI is InChI=1S/C40H55N11O12/c1-46-15-6-25(29(52)37(46)60)33(56)42-11-19-50(20-12-43-34(57)26-7-16-47(2)38(61)30(26)53)23-24(5-10-41)51(21-13-44-35(58)27-8-17-48(3)39(62)31(27)54)22-14-45-36(59)28-9-18-49(4)40(63)32(28)55/h6-9,15-18,24,37,52-55,60H,5,10-14,19-23,41H2,1-4H3,(H,42,56)(H,43,57)(H,44,58)(H,45,59). The van der Waals surface area contributed by atoms with E-state index in [9.17, 15) is 59.1 Å². The molecule has 23 heteroatoms. The third kappa shape index (κ3) is 12.3. The van der Waals surface area contributed by atoms with E-state index < -0.39 is 75.6 Å². The SMILES string of the molecule is CN1C=CC(C(=O)NCCN(CCNC(=O)c2ccn(C)c(=O)c2O)CC(CCN)N(CCNC(=O)c2ccn(C)c(=O)c2O)CCNC(=O)c2ccn(C)c(=O)c2O)=C(O)C1O. The third-order valence-electron chi connectivity index (χ3n) is 10.4. The molecule has 63 heavy (non-hydrogen) atoms. The van der Waals surface area contributed by atoms with E-state index in [0.717, 1.165) is 13.7 Å². The smallest absolute Gasteiger partial charge is 0.293 e. The summed E-state index contributed by atoms with van der Waals surface area (Å²) in [5.74, 6) is -5.56. The Labute approximate surface area is 360 Å². The average Bonchev–Trinajstić information content (AvgIpc) is 3.24. The van der Waals surface area contributed by atoms with E-state index in [2.05, 4.69) is 21.3 Å². The zero-order chi connectivity index (χ0) is 46.5. The number of hydrogen-bond acceptors (Lipinski definition) is 16. The van der Waals surface area contributed by atoms with Gasteiger partial charge in [0.05, 0.1) is 22.3 Å². The Morgan fingerprint density at radius 2 is 1.03 bits per heavy atom. The molecule has 0 aromatic carbocycles. The number of likely N-dealkylation sites (N-methyl/N-ethyl adjacent to an activating group) is 1. The summed E-state index contributed by atoms with van der Waals surface area (Å²) in [5, 5.41) is 62.4. The van der Waals surface area contributed by atoms with Gasteiger partial charge >= 0.3 is 0 Å². The second-order valence-corrected chi connectivity index (χ2v) is 14.7. The van der Waals surface area contributed by atoms with Crippen molar-refractivity contribution in [3.8, 4) is 17.2 Å². The lowest BCUT2D eigenvalue weighted by atomic mass is 10.1. The van der Waals surface area contributed by atoms with Crippen molar-refractivity contribution in [1.82, 2.24) is 49.7 Å². The number of nitrogens with one attached hydrogen (secondary N) is 4. The molecule has 2 atom stereocenters. The van der Waals surface area contributed by atoms with Crippen LogP contribution in [0.3, 0.4) is 0 Å². The number of nitrogens with zero attached hydrogens (tertiary/aromatic N) is 6. The van der Waals surface area contributed by atoms with E-state index in [-0.39, 0.29) is 87.7 Å². The topological polar surface area (TPSA) is 319 Å². The maximum absolute atomic E-state index is 13.1. The van der Waals surface area contributed by atoms with E-state index in [1.807, 2.05) is 9.80 Å². The van der Waals surface area contributed by atoms with Crippen molar-refractivity contribution in [2.45, 2.75) is 18.7 Å². The normalized spacial score (nSPS) is 14.2. The second kappa shape index (κ2) is 22.2. The Balaban J connectivity index is 1.56. The molecule has 0 saturated heterocycles. The van der Waals surface area contributed by atoms with E-state index in [1.54, 1.807) is 0 Å². The van der Waals surface area contributed by atoms with Crippen molar-refractivity contribution in [3.05, 3.63) is 108 Å². The van der Waals surface area contributed by atoms with Crippen LogP contribution in [0.5, 0.6) is 17.2 Å². The van der Waals surface area contributed by atoms with Crippen LogP contribution in [-0.4, -0.2) is 162 Å². The van der Waals surface area contributed by atoms with Crippen LogP contribution in [0.15, 0.2) is 74.8 Å². The summed E-state index contributed by atoms with van der Waals surface area (Å²) in [6.07, 6.45) is 5.71. The molecule has 0 bridgehead atoms. The predicted molar refractivity (Wildman–Crippen MR) is 228 cm³/mol. The molecule has 3 aromatic rings. The molecule has 0 radical (unpaired) electrons. The van der Waals surface area contributed by atoms with Crippen molar-refractivity contribution in [2.24, 2.45) is 26.9 Å². The number of amides is 4. The van der Waals surface area contributed by atoms with E-state index >= 15 is 0 Å². The van der Waals surface area contributed by atoms with Gasteiger partial charge in [0.1, 0.15) is 0 Å². The molecule has 11 N–H and O–H groups in total. The number of nitrogens with two attached hydrogens (primary N) is 1. The first-order valence-corrected chi connectivity index (χ1v) is 19.8. The van der Waals surface area contributed by atoms with Crippen molar-refractivity contribution in [3.63, 3.8) is 0 Å². The van der Waals surface area contributed by atoms with E-state index in [0.29, 0.717) is 6.42 Å². The Bertz CT molecular complexity index is 2320. The fourth-order valence-electron chi connectivity index (χ4n) is 6.59. The maximum Gasteiger partial charge on any atom is 0.293 e. The van der Waals surface area contributed by atoms with Crippen LogP contribution in [0.25, 0.3) is 0 Å². The maximum atomic E-state index is 13.1. The first kappa shape index (κ1) is 48.7. The van der Waals surface area contributed by atoms with E-state index in [4.69, 9.17) is 5.73 Å². The Hall–Kier alpha value is -6.95. The largest absolute Gasteiger partial charge is 0.507 e. The molecule has 0 saturated carbocycles. The molecule has 4 heterocycles. The zero-order valence-electron chi connectivity index (χ0n) is 35.4. The Morgan fingerprint density at radius 1 is 0.651 bits per heavy atom. The van der Waals surface area contributed by atoms with Gasteiger partial charge in [-0.3, -0.25) is 43.4 Å². The lowest BCUT2D eigenvalue weighted by Gasteiger charge is -2.36. The Kier molecular flexibility index (Phi) is 17.2. The minimum atomic E-state index is -1.42. The summed E-state index contributed by atoms with van der Waals surface area (Å²) in [7, 11) is 5.77. The number of aliphatic hydroxyl groups excluding tert-OH is 2. The van der Waals surface area contributed by atoms with Gasteiger partial charge in [-0.15, -0.1) is 0 Å². The highest BCUT2D eigenvalue weighted by Crippen LogP contribution is 2.17. The Morgan fingerprint density at radius 3 is 1.43 bits per heavy atom. The van der Waals surface area contributed by atoms with Crippen LogP contribution in [-0.2, 0) is 25.9 Å². The average molecular weight is 882 g/mol. The van der Waals surface area contributed by atoms with Gasteiger partial charge in [0.15, 0.2) is 29.2 Å². The molecular weight excluding hydrogens is 827 g/mol. The third-order valence-corrected chi connectivity index (χ3v) is 10.4. The van der Waals surface area contributed by atoms with Crippen molar-refractivity contribution in [2.75, 3.05) is 72.5 Å². The highest BCUT2D eigenvalue weighted by Gasteiger charge is 2.26. The summed E-state index contributed by atoms with van der Waals surface area (Å²) < 4.78 is 3.34. The quantitative estimate of drug-likeness (QED) is 0.0497. The lowest BCUT2D eigenvalue weighted by Crippen LogP contribution is -2.51. The molecule has 4 amide bonds. The predicted octanol–water partition coefficient (Wildman–Crippen LogP) is -3.48. The fraction of sp³-hybridized carbons (Fsp3) is 0.425. The molecule has 1 aliphatic rings. The summed E-state index contributed by atoms with van der Waals surface area (Å²) in [5.41, 5.74) is 2.96. The van der Waals surface area contributed by atoms with E-state index in [1.165, 1.54) is 82.2 Å². The molecule has 2 unspecified atom stereocenters. The molecular formula is C40H55N11O12. The van der Waals surface area contributed by atoms with Crippen molar-refractivity contribution < 1.29 is 44.7 Å². The fourth-order valence-corrected chi connectivity index (χ4v) is 6.59. The van der Waals surface area contributed by atoms with Gasteiger partial charge in [-0.25, -0.2) is 0 Å². The minimum absolute atomic E-state index is 0.00381. The molecule has 0 aliphatic carbocycles. The molecule has 0 spiro atoms. The minimum Gasteiger partial charge on any atom is -0.507 e. The van der Waals surface area contributed by atoms with Gasteiger partial charge in [0.25, 0.3) is 40.3 Å². The van der Waals surface area contributed by atoms with Crippen LogP contribution in [0, 0.1) is 0 Å². The molecule has 342 valence electrons. The number of aromatic nitrogens is 3. The van der Waals surface area contributed by atoms with Gasteiger partial charge in [0.2, 0.25) is 0 Å². The zero-order valence-corrected chi connectivity index (χ0v) is 35.4. The second-order valence-electron chi connectivity index (χ2n) is 14.7. The van der Waals surface area contributed by atoms with Crippen LogP contribution in [0.2, 0.25) is 0 Å². The summed E-state index contributed by atoms with van der Waals surface area (Å²) in [4.78, 5) is 94.2. The van der Waals surface area contributed by atoms with Crippen LogP contribution >= 0.6 is 0 Å². The molecule has 4 rings (SSSR count). The van der Waals surface area contributed by atoms with Crippen LogP contribution in [0.4, 0.5) is 0 Å². The molecule has 0 fully saturated rings. The first-order chi connectivity index (χ1) is 29.9. The number of aryl methyl sites for hydroxylation is 3. The number of rotatable bonds is 21. The van der Waals surface area contributed by atoms with Gasteiger partial charge in [-0.05, 0) is 37.2 Å². The number of aliphatic hydroxyl groups is 2. The highest BCUT2D eigenvalue weighted by atomic mass is 16.3. The highest BCUT2D eigenvalue weighted by molar-refractivity contribution is 5.98. The van der Waals surface area contributed by atoms with Gasteiger partial charge < -0.3 is 71.1 Å². The first-order valence-electron chi connectivity index (χ1n) is 19.8. The van der Waals surface area contributed by atoms with Crippen molar-refractivity contribution >= 4 is 23.6 Å². The van der Waals surface area contributed by atoms with Gasteiger partial charge in [0, 0.05) is 118 Å². The van der Waals surface area contributed by atoms with Gasteiger partial charge in [-0.1, -0.05) is 0 Å². The van der Waals surface area contributed by atoms with Crippen LogP contribution in [0.1, 0.15) is 37.5 Å². The number of carbonyl (C=O) groups is 4. The number of carbonyl (C=O) groups excluding carboxylic acids is 4. The van der Waals surface area contributed by atoms with Crippen LogP contribution < -0.4 is 43.7 Å². The molecule has 3 aromatic heterocycles. The summed E-state index contributed by atoms with van der Waals surface area (Å²) in [6, 6.07) is 3.44. The molecule has 23 nitrogen and oxygen atoms in total. The lowest BCUT2D eigenvalue weighted by molar-refractivity contribution is -0.117. The monoisotopic (exact) mass is 881 g/mol. The summed E-state index contributed by atoms with van der Waals surface area (Å²) >= 11 is 0. The number of pyridine rings is 3. The van der Waals surface area contributed by atoms with Crippen molar-refractivity contribution in [1.29, 1.82) is 0 Å². The number of aromatic hydroxyl groups is 3. The molecule has 1 aliphatic heterocycles. The summed E-state index contributed by atoms with van der Waals surface area (Å²) in [6.45, 7) is 0.936.